The summed E-state index contributed by atoms with van der Waals surface area (Å²) in [5, 5.41) is 11.4. The second kappa shape index (κ2) is 12.1. The molecule has 0 bridgehead atoms. The van der Waals surface area contributed by atoms with E-state index in [4.69, 9.17) is 0 Å². The van der Waals surface area contributed by atoms with Crippen molar-refractivity contribution in [1.29, 1.82) is 0 Å². The molecule has 2 nitrogen and oxygen atoms in total. The Bertz CT molecular complexity index is 3710. The van der Waals surface area contributed by atoms with Gasteiger partial charge in [-0.05, 0) is 134 Å². The molecular formula is C55H35NOS. The molecule has 13 rings (SSSR count). The number of aryl methyl sites for hydroxylation is 2. The van der Waals surface area contributed by atoms with Crippen molar-refractivity contribution < 1.29 is 0 Å². The van der Waals surface area contributed by atoms with Crippen molar-refractivity contribution in [2.45, 2.75) is 25.7 Å². The van der Waals surface area contributed by atoms with Crippen molar-refractivity contribution in [2.24, 2.45) is 0 Å². The smallest absolute Gasteiger partial charge is 0.263 e. The molecule has 0 fully saturated rings. The number of pyridine rings is 1. The van der Waals surface area contributed by atoms with Gasteiger partial charge in [0.15, 0.2) is 0 Å². The second-order valence-electron chi connectivity index (χ2n) is 16.1. The molecular weight excluding hydrogens is 723 g/mol. The number of para-hydroxylation sites is 1. The summed E-state index contributed by atoms with van der Waals surface area (Å²) in [6.07, 6.45) is 12.9. The van der Waals surface area contributed by atoms with Gasteiger partial charge in [0.2, 0.25) is 0 Å². The Morgan fingerprint density at radius 1 is 0.448 bits per heavy atom. The number of fused-ring (bicyclic) bond motifs is 14. The Morgan fingerprint density at radius 2 is 1.09 bits per heavy atom. The van der Waals surface area contributed by atoms with Crippen molar-refractivity contribution in [1.82, 2.24) is 4.40 Å². The molecule has 2 aliphatic carbocycles. The Hall–Kier alpha value is -6.81. The minimum atomic E-state index is 0.0895. The lowest BCUT2D eigenvalue weighted by molar-refractivity contribution is 0.978. The van der Waals surface area contributed by atoms with E-state index in [0.717, 1.165) is 58.6 Å². The maximum Gasteiger partial charge on any atom is 0.263 e. The van der Waals surface area contributed by atoms with Crippen LogP contribution in [0.2, 0.25) is 0 Å². The third-order valence-electron chi connectivity index (χ3n) is 13.1. The minimum absolute atomic E-state index is 0.0895. The number of benzene rings is 8. The largest absolute Gasteiger partial charge is 0.275 e. The van der Waals surface area contributed by atoms with E-state index in [1.165, 1.54) is 91.6 Å². The van der Waals surface area contributed by atoms with Gasteiger partial charge in [0.05, 0.1) is 11.0 Å². The van der Waals surface area contributed by atoms with Crippen LogP contribution in [0, 0.1) is 0 Å². The number of allylic oxidation sites excluding steroid dienone is 2. The molecule has 8 aromatic carbocycles. The standard InChI is InChI=1S/C55H35NOS/c57-55-47-17-6-5-16-42(47)44-19-9-20-45-49-30-34(23-26-51(49)56(55)53(44)45)35-24-27-52-50(31-35)46-21-8-18-37(54(46)58-52)36-11-7-10-32(28-36)33-22-25-43-40-14-2-1-12-38(40)39-13-3-4-15-41(39)48(43)29-33/h2-4,6-11,13-15,17-31H,1,5,12,16H2. The molecule has 0 saturated carbocycles. The van der Waals surface area contributed by atoms with Crippen LogP contribution >= 0.6 is 11.3 Å². The Morgan fingerprint density at radius 3 is 1.97 bits per heavy atom. The minimum Gasteiger partial charge on any atom is -0.275 e. The van der Waals surface area contributed by atoms with Crippen LogP contribution in [0.25, 0.3) is 114 Å². The number of thiophene rings is 1. The van der Waals surface area contributed by atoms with Crippen molar-refractivity contribution in [3.05, 3.63) is 184 Å². The van der Waals surface area contributed by atoms with E-state index in [9.17, 15) is 4.79 Å². The molecule has 0 saturated heterocycles. The zero-order valence-electron chi connectivity index (χ0n) is 31.7. The Labute approximate surface area is 338 Å². The van der Waals surface area contributed by atoms with E-state index in [2.05, 4.69) is 158 Å². The first kappa shape index (κ1) is 32.3. The number of rotatable bonds is 3. The Balaban J connectivity index is 0.920. The van der Waals surface area contributed by atoms with Gasteiger partial charge in [-0.2, -0.15) is 0 Å². The lowest BCUT2D eigenvalue weighted by atomic mass is 9.85. The summed E-state index contributed by atoms with van der Waals surface area (Å²) in [6, 6.07) is 51.9. The first-order valence-electron chi connectivity index (χ1n) is 20.4. The summed E-state index contributed by atoms with van der Waals surface area (Å²) in [5.41, 5.74) is 14.3. The average molecular weight is 758 g/mol. The van der Waals surface area contributed by atoms with Gasteiger partial charge in [0.25, 0.3) is 5.56 Å². The summed E-state index contributed by atoms with van der Waals surface area (Å²) in [7, 11) is 0. The van der Waals surface area contributed by atoms with Gasteiger partial charge in [-0.25, -0.2) is 0 Å². The predicted octanol–water partition coefficient (Wildman–Crippen LogP) is 14.6. The summed E-state index contributed by atoms with van der Waals surface area (Å²) in [6.45, 7) is 0. The molecule has 0 aliphatic heterocycles. The molecule has 0 spiro atoms. The molecule has 0 atom stereocenters. The average Bonchev–Trinajstić information content (AvgIpc) is 3.84. The van der Waals surface area contributed by atoms with E-state index in [-0.39, 0.29) is 5.56 Å². The molecule has 0 radical (unpaired) electrons. The van der Waals surface area contributed by atoms with Crippen molar-refractivity contribution in [2.75, 3.05) is 0 Å². The van der Waals surface area contributed by atoms with Gasteiger partial charge in [0, 0.05) is 41.9 Å². The van der Waals surface area contributed by atoms with Crippen LogP contribution in [-0.4, -0.2) is 4.40 Å². The number of aromatic nitrogens is 1. The van der Waals surface area contributed by atoms with E-state index in [0.29, 0.717) is 0 Å². The topological polar surface area (TPSA) is 21.5 Å². The van der Waals surface area contributed by atoms with E-state index >= 15 is 0 Å². The van der Waals surface area contributed by atoms with Crippen LogP contribution in [-0.2, 0) is 12.8 Å². The van der Waals surface area contributed by atoms with E-state index < -0.39 is 0 Å². The van der Waals surface area contributed by atoms with Gasteiger partial charge in [-0.15, -0.1) is 11.3 Å². The van der Waals surface area contributed by atoms with Gasteiger partial charge in [-0.1, -0.05) is 127 Å². The third-order valence-corrected chi connectivity index (χ3v) is 14.3. The zero-order valence-corrected chi connectivity index (χ0v) is 32.5. The summed E-state index contributed by atoms with van der Waals surface area (Å²) in [5.74, 6) is 0. The molecule has 3 heteroatoms. The summed E-state index contributed by atoms with van der Waals surface area (Å²) in [4.78, 5) is 13.9. The van der Waals surface area contributed by atoms with Crippen LogP contribution in [0.15, 0.2) is 156 Å². The van der Waals surface area contributed by atoms with Crippen molar-refractivity contribution in [3.63, 3.8) is 0 Å². The molecule has 2 aliphatic rings. The SMILES string of the molecule is O=c1c2c(c3cccc4c5cc(-c6ccc7sc8c(-c9cccc(-c%10ccc%11c%12c(c%13ccccc%13c%11c%10)CCC=C%12)c9)cccc8c7c6)ccc5n1c34)CCC=C2. The maximum atomic E-state index is 13.9. The van der Waals surface area contributed by atoms with Crippen LogP contribution in [0.3, 0.4) is 0 Å². The van der Waals surface area contributed by atoms with Gasteiger partial charge >= 0.3 is 0 Å². The quantitative estimate of drug-likeness (QED) is 0.165. The molecule has 272 valence electrons. The molecule has 58 heavy (non-hydrogen) atoms. The fraction of sp³-hybridized carbons (Fsp3) is 0.0727. The molecule has 0 amide bonds. The normalized spacial score (nSPS) is 13.9. The maximum absolute atomic E-state index is 13.9. The van der Waals surface area contributed by atoms with Crippen molar-refractivity contribution >= 4 is 92.4 Å². The number of hydrogen-bond donors (Lipinski definition) is 0. The fourth-order valence-electron chi connectivity index (χ4n) is 10.4. The first-order valence-corrected chi connectivity index (χ1v) is 21.2. The number of nitrogens with zero attached hydrogens (tertiary/aromatic N) is 1. The predicted molar refractivity (Wildman–Crippen MR) is 249 cm³/mol. The fourth-order valence-corrected chi connectivity index (χ4v) is 11.6. The molecule has 3 aromatic heterocycles. The lowest BCUT2D eigenvalue weighted by Gasteiger charge is -2.18. The molecule has 11 aromatic rings. The highest BCUT2D eigenvalue weighted by Crippen LogP contribution is 2.44. The Kier molecular flexibility index (Phi) is 6.74. The van der Waals surface area contributed by atoms with Crippen molar-refractivity contribution in [3.8, 4) is 33.4 Å². The first-order chi connectivity index (χ1) is 28.7. The molecule has 0 unspecified atom stereocenters. The van der Waals surface area contributed by atoms with Crippen LogP contribution in [0.1, 0.15) is 35.1 Å². The molecule has 0 N–H and O–H groups in total. The van der Waals surface area contributed by atoms with E-state index in [1.807, 2.05) is 21.8 Å². The number of hydrogen-bond acceptors (Lipinski definition) is 2. The van der Waals surface area contributed by atoms with Crippen LogP contribution in [0.4, 0.5) is 0 Å². The lowest BCUT2D eigenvalue weighted by Crippen LogP contribution is -2.19. The highest BCUT2D eigenvalue weighted by molar-refractivity contribution is 7.26. The van der Waals surface area contributed by atoms with Crippen LogP contribution < -0.4 is 5.56 Å². The second-order valence-corrected chi connectivity index (χ2v) is 17.2. The highest BCUT2D eigenvalue weighted by Gasteiger charge is 2.22. The zero-order chi connectivity index (χ0) is 38.1. The monoisotopic (exact) mass is 757 g/mol. The third kappa shape index (κ3) is 4.51. The van der Waals surface area contributed by atoms with Crippen LogP contribution in [0.5, 0.6) is 0 Å². The van der Waals surface area contributed by atoms with Gasteiger partial charge < -0.3 is 0 Å². The summed E-state index contributed by atoms with van der Waals surface area (Å²) < 4.78 is 4.55. The van der Waals surface area contributed by atoms with Gasteiger partial charge in [-0.3, -0.25) is 9.20 Å². The van der Waals surface area contributed by atoms with Gasteiger partial charge in [0.1, 0.15) is 0 Å². The summed E-state index contributed by atoms with van der Waals surface area (Å²) >= 11 is 1.88. The van der Waals surface area contributed by atoms with E-state index in [1.54, 1.807) is 0 Å². The highest BCUT2D eigenvalue weighted by atomic mass is 32.1. The molecule has 3 heterocycles.